The number of H-pyrrole nitrogens is 1. The smallest absolute Gasteiger partial charge is 0.224 e. The van der Waals surface area contributed by atoms with E-state index < -0.39 is 0 Å². The second kappa shape index (κ2) is 9.13. The van der Waals surface area contributed by atoms with E-state index in [-0.39, 0.29) is 5.91 Å². The number of nitrogens with one attached hydrogen (secondary N) is 2. The van der Waals surface area contributed by atoms with Crippen LogP contribution in [0.3, 0.4) is 0 Å². The number of carbonyl (C=O) groups excluding carboxylic acids is 1. The van der Waals surface area contributed by atoms with Gasteiger partial charge < -0.3 is 15.0 Å². The Kier molecular flexibility index (Phi) is 6.35. The number of carbonyl (C=O) groups is 1. The van der Waals surface area contributed by atoms with Gasteiger partial charge in [0.25, 0.3) is 0 Å². The molecule has 0 bridgehead atoms. The zero-order valence-electron chi connectivity index (χ0n) is 15.9. The zero-order chi connectivity index (χ0) is 20.2. The number of benzene rings is 2. The van der Waals surface area contributed by atoms with E-state index in [1.165, 1.54) is 0 Å². The molecule has 1 aliphatic rings. The summed E-state index contributed by atoms with van der Waals surface area (Å²) in [4.78, 5) is 22.7. The summed E-state index contributed by atoms with van der Waals surface area (Å²) >= 11 is 12.2. The number of nitrogens with zero attached hydrogens (tertiary/aromatic N) is 2. The quantitative estimate of drug-likeness (QED) is 0.609. The third-order valence-corrected chi connectivity index (χ3v) is 5.80. The van der Waals surface area contributed by atoms with Crippen molar-refractivity contribution in [2.45, 2.75) is 19.4 Å². The average molecular weight is 433 g/mol. The van der Waals surface area contributed by atoms with Crippen LogP contribution in [0.25, 0.3) is 11.0 Å². The minimum atomic E-state index is -0.0755. The van der Waals surface area contributed by atoms with E-state index >= 15 is 0 Å². The summed E-state index contributed by atoms with van der Waals surface area (Å²) in [6.07, 6.45) is 0.852. The summed E-state index contributed by atoms with van der Waals surface area (Å²) in [5.41, 5.74) is 3.40. The van der Waals surface area contributed by atoms with Crippen LogP contribution in [-0.2, 0) is 22.5 Å². The molecule has 0 saturated carbocycles. The van der Waals surface area contributed by atoms with Crippen molar-refractivity contribution < 1.29 is 9.53 Å². The molecule has 0 atom stereocenters. The summed E-state index contributed by atoms with van der Waals surface area (Å²) in [5.74, 6) is 0.842. The van der Waals surface area contributed by atoms with Gasteiger partial charge in [0, 0.05) is 25.2 Å². The van der Waals surface area contributed by atoms with Crippen molar-refractivity contribution in [3.8, 4) is 0 Å². The minimum Gasteiger partial charge on any atom is -0.379 e. The number of hydrogen-bond donors (Lipinski definition) is 2. The van der Waals surface area contributed by atoms with E-state index in [2.05, 4.69) is 20.2 Å². The molecule has 2 N–H and O–H groups in total. The van der Waals surface area contributed by atoms with Crippen molar-refractivity contribution in [2.24, 2.45) is 0 Å². The molecule has 3 aromatic rings. The first-order valence-electron chi connectivity index (χ1n) is 9.60. The molecule has 1 aliphatic heterocycles. The molecule has 0 unspecified atom stereocenters. The van der Waals surface area contributed by atoms with Crippen LogP contribution in [0.15, 0.2) is 36.4 Å². The van der Waals surface area contributed by atoms with Gasteiger partial charge in [-0.05, 0) is 36.2 Å². The summed E-state index contributed by atoms with van der Waals surface area (Å²) in [6, 6.07) is 11.1. The molecular weight excluding hydrogens is 411 g/mol. The monoisotopic (exact) mass is 432 g/mol. The molecule has 29 heavy (non-hydrogen) atoms. The Hall–Kier alpha value is -2.12. The van der Waals surface area contributed by atoms with Crippen LogP contribution in [0.4, 0.5) is 5.69 Å². The van der Waals surface area contributed by atoms with Crippen LogP contribution in [0, 0.1) is 0 Å². The lowest BCUT2D eigenvalue weighted by Crippen LogP contribution is -2.35. The lowest BCUT2D eigenvalue weighted by atomic mass is 10.1. The fraction of sp³-hybridized carbons (Fsp3) is 0.333. The third-order valence-electron chi connectivity index (χ3n) is 4.94. The van der Waals surface area contributed by atoms with Gasteiger partial charge in [-0.25, -0.2) is 4.98 Å². The molecule has 1 fully saturated rings. The SMILES string of the molecule is O=C(CCc1cccc(Cl)c1Cl)Nc1ccc2nc(CN3CCOCC3)[nH]c2c1. The van der Waals surface area contributed by atoms with Crippen molar-refractivity contribution in [3.63, 3.8) is 0 Å². The second-order valence-corrected chi connectivity index (χ2v) is 7.85. The summed E-state index contributed by atoms with van der Waals surface area (Å²) < 4.78 is 5.38. The number of amides is 1. The molecule has 4 rings (SSSR count). The summed E-state index contributed by atoms with van der Waals surface area (Å²) in [7, 11) is 0. The van der Waals surface area contributed by atoms with Gasteiger partial charge in [0.2, 0.25) is 5.91 Å². The molecule has 1 saturated heterocycles. The number of morpholine rings is 1. The van der Waals surface area contributed by atoms with Gasteiger partial charge in [0.05, 0.1) is 40.8 Å². The van der Waals surface area contributed by atoms with Gasteiger partial charge >= 0.3 is 0 Å². The van der Waals surface area contributed by atoms with Crippen molar-refractivity contribution in [1.82, 2.24) is 14.9 Å². The van der Waals surface area contributed by atoms with Crippen LogP contribution in [-0.4, -0.2) is 47.1 Å². The lowest BCUT2D eigenvalue weighted by molar-refractivity contribution is -0.116. The van der Waals surface area contributed by atoms with E-state index in [1.807, 2.05) is 30.3 Å². The topological polar surface area (TPSA) is 70.2 Å². The van der Waals surface area contributed by atoms with E-state index in [4.69, 9.17) is 27.9 Å². The van der Waals surface area contributed by atoms with Crippen LogP contribution in [0.1, 0.15) is 17.8 Å². The standard InChI is InChI=1S/C21H22Cl2N4O2/c22-16-3-1-2-14(21(16)23)4-7-20(28)24-15-5-6-17-18(12-15)26-19(25-17)13-27-8-10-29-11-9-27/h1-3,5-6,12H,4,7-11,13H2,(H,24,28)(H,25,26). The number of rotatable bonds is 6. The van der Waals surface area contributed by atoms with Crippen LogP contribution in [0.5, 0.6) is 0 Å². The minimum absolute atomic E-state index is 0.0755. The molecular formula is C21H22Cl2N4O2. The lowest BCUT2D eigenvalue weighted by Gasteiger charge is -2.25. The number of halogens is 2. The van der Waals surface area contributed by atoms with Gasteiger partial charge in [0.1, 0.15) is 5.82 Å². The number of hydrogen-bond acceptors (Lipinski definition) is 4. The van der Waals surface area contributed by atoms with Gasteiger partial charge in [0.15, 0.2) is 0 Å². The maximum atomic E-state index is 12.4. The van der Waals surface area contributed by atoms with Crippen molar-refractivity contribution in [1.29, 1.82) is 0 Å². The Labute approximate surface area is 179 Å². The molecule has 0 aliphatic carbocycles. The number of fused-ring (bicyclic) bond motifs is 1. The zero-order valence-corrected chi connectivity index (χ0v) is 17.4. The Balaban J connectivity index is 1.37. The first-order chi connectivity index (χ1) is 14.1. The first-order valence-corrected chi connectivity index (χ1v) is 10.4. The predicted octanol–water partition coefficient (Wildman–Crippen LogP) is 4.27. The number of aromatic amines is 1. The maximum absolute atomic E-state index is 12.4. The van der Waals surface area contributed by atoms with Crippen LogP contribution in [0.2, 0.25) is 10.0 Å². The van der Waals surface area contributed by atoms with E-state index in [0.29, 0.717) is 22.9 Å². The van der Waals surface area contributed by atoms with Crippen LogP contribution >= 0.6 is 23.2 Å². The molecule has 0 spiro atoms. The van der Waals surface area contributed by atoms with Gasteiger partial charge in [-0.2, -0.15) is 0 Å². The average Bonchev–Trinajstić information content (AvgIpc) is 3.11. The van der Waals surface area contributed by atoms with Crippen molar-refractivity contribution in [3.05, 3.63) is 57.8 Å². The second-order valence-electron chi connectivity index (χ2n) is 7.07. The highest BCUT2D eigenvalue weighted by molar-refractivity contribution is 6.42. The van der Waals surface area contributed by atoms with Crippen molar-refractivity contribution >= 4 is 45.8 Å². The fourth-order valence-electron chi connectivity index (χ4n) is 3.40. The molecule has 6 nitrogen and oxygen atoms in total. The van der Waals surface area contributed by atoms with Crippen LogP contribution < -0.4 is 5.32 Å². The largest absolute Gasteiger partial charge is 0.379 e. The Bertz CT molecular complexity index is 1020. The maximum Gasteiger partial charge on any atom is 0.224 e. The highest BCUT2D eigenvalue weighted by Gasteiger charge is 2.13. The summed E-state index contributed by atoms with van der Waals surface area (Å²) in [5, 5.41) is 3.95. The van der Waals surface area contributed by atoms with Gasteiger partial charge in [-0.15, -0.1) is 0 Å². The Morgan fingerprint density at radius 3 is 2.86 bits per heavy atom. The Morgan fingerprint density at radius 1 is 1.21 bits per heavy atom. The highest BCUT2D eigenvalue weighted by Crippen LogP contribution is 2.26. The van der Waals surface area contributed by atoms with E-state index in [1.54, 1.807) is 6.07 Å². The fourth-order valence-corrected chi connectivity index (χ4v) is 3.81. The first kappa shape index (κ1) is 20.2. The van der Waals surface area contributed by atoms with E-state index in [0.717, 1.165) is 61.0 Å². The molecule has 1 aromatic heterocycles. The third kappa shape index (κ3) is 5.08. The number of ether oxygens (including phenoxy) is 1. The normalized spacial score (nSPS) is 15.0. The number of imidazole rings is 1. The highest BCUT2D eigenvalue weighted by atomic mass is 35.5. The number of anilines is 1. The van der Waals surface area contributed by atoms with Crippen molar-refractivity contribution in [2.75, 3.05) is 31.6 Å². The Morgan fingerprint density at radius 2 is 2.03 bits per heavy atom. The molecule has 8 heteroatoms. The molecule has 0 radical (unpaired) electrons. The predicted molar refractivity (Wildman–Crippen MR) is 116 cm³/mol. The van der Waals surface area contributed by atoms with Gasteiger partial charge in [-0.3, -0.25) is 9.69 Å². The molecule has 152 valence electrons. The number of aromatic nitrogens is 2. The molecule has 1 amide bonds. The molecule has 2 heterocycles. The van der Waals surface area contributed by atoms with Gasteiger partial charge in [-0.1, -0.05) is 35.3 Å². The number of aryl methyl sites for hydroxylation is 1. The summed E-state index contributed by atoms with van der Waals surface area (Å²) in [6.45, 7) is 4.11. The molecule has 2 aromatic carbocycles. The van der Waals surface area contributed by atoms with E-state index in [9.17, 15) is 4.79 Å².